The summed E-state index contributed by atoms with van der Waals surface area (Å²) in [4.78, 5) is 165. The number of carboxylic acid groups (broad SMARTS) is 1. The molecule has 0 aliphatic heterocycles. The highest BCUT2D eigenvalue weighted by atomic mass is 32.2. The van der Waals surface area contributed by atoms with Crippen LogP contribution in [0.1, 0.15) is 63.8 Å². The van der Waals surface area contributed by atoms with Crippen molar-refractivity contribution in [2.24, 2.45) is 23.1 Å². The maximum Gasteiger partial charge on any atom is 0.490 e. The number of hydrogen-bond donors (Lipinski definition) is 16. The summed E-state index contributed by atoms with van der Waals surface area (Å²) in [6.45, 7) is 4.72. The topological polar surface area (TPSA) is 476 Å². The molecule has 0 unspecified atom stereocenters. The molecule has 2 aromatic heterocycles. The van der Waals surface area contributed by atoms with Crippen molar-refractivity contribution in [1.82, 2.24) is 62.8 Å². The van der Waals surface area contributed by atoms with Gasteiger partial charge in [-0.2, -0.15) is 24.9 Å². The van der Waals surface area contributed by atoms with E-state index in [1.54, 1.807) is 74.6 Å². The second-order valence-electron chi connectivity index (χ2n) is 20.2. The van der Waals surface area contributed by atoms with E-state index in [9.17, 15) is 71.0 Å². The summed E-state index contributed by atoms with van der Waals surface area (Å²) < 4.78 is 31.7. The number of nitrogens with zero attached hydrogens (tertiary/aromatic N) is 1. The van der Waals surface area contributed by atoms with Crippen molar-refractivity contribution >= 4 is 93.6 Å². The third kappa shape index (κ3) is 25.2. The summed E-state index contributed by atoms with van der Waals surface area (Å²) in [6, 6.07) is 4.90. The number of nitrogens with two attached hydrogens (primary N) is 3. The van der Waals surface area contributed by atoms with Crippen LogP contribution in [0.25, 0.3) is 10.9 Å². The molecule has 11 amide bonds. The van der Waals surface area contributed by atoms with Crippen molar-refractivity contribution in [3.05, 3.63) is 90.1 Å². The molecule has 2 heterocycles. The van der Waals surface area contributed by atoms with Gasteiger partial charge in [-0.1, -0.05) is 62.4 Å². The Balaban J connectivity index is 0.00000265. The van der Waals surface area contributed by atoms with Gasteiger partial charge in [0.15, 0.2) is 0 Å². The molecule has 0 aliphatic rings. The molecule has 9 atom stereocenters. The number of aromatic amines is 2. The number of primary amides is 2. The summed E-state index contributed by atoms with van der Waals surface area (Å²) >= 11 is 1.44. The van der Waals surface area contributed by atoms with Crippen LogP contribution in [0.3, 0.4) is 0 Å². The van der Waals surface area contributed by atoms with E-state index in [2.05, 4.69) is 62.8 Å². The number of fused-ring (bicyclic) bond motifs is 1. The lowest BCUT2D eigenvalue weighted by molar-refractivity contribution is -0.192. The number of hydrogen-bond acceptors (Lipinski definition) is 16. The quantitative estimate of drug-likeness (QED) is 0.0227. The Hall–Kier alpha value is -9.11. The summed E-state index contributed by atoms with van der Waals surface area (Å²) in [6.07, 6.45) is -1.07. The average molecular weight is 1250 g/mol. The molecule has 0 aliphatic carbocycles. The number of H-pyrrole nitrogens is 2. The molecule has 87 heavy (non-hydrogen) atoms. The fourth-order valence-electron chi connectivity index (χ4n) is 8.18. The standard InChI is InChI=1S/C52H73N15O12S.C2HF3O2/c1-27(2)17-36(64-51(78)40(21-41(54)69)61-42(70)22-53)48(75)66-38(19-31-23-57-34-14-10-9-13-33(31)34)47(74)60-28(3)46(73)67-44(29(4)68)52(79)58-25-43(71)62-39(20-32-24-56-26-59-32)50(77)65-37(18-30-11-7-6-8-12-30)49(76)63-35(45(55)72)15-16-80-5;3-2(4,5)1(6)7/h6-14,23-24,26-29,35-40,44,57,68H,15-22,25,53H2,1-5H3,(H2,54,69)(H2,55,72)(H,56,59)(H,58,79)(H,60,74)(H,61,70)(H,62,71)(H,63,76)(H,64,78)(H,65,77)(H,66,75)(H,67,73);(H,6,7)/t28-,29+,35-,36-,37-,38-,39-,40-,44-;/m0./s1. The zero-order valence-corrected chi connectivity index (χ0v) is 48.9. The minimum absolute atomic E-state index is 0.00764. The largest absolute Gasteiger partial charge is 0.490 e. The number of benzene rings is 2. The number of rotatable bonds is 33. The Bertz CT molecular complexity index is 3010. The minimum Gasteiger partial charge on any atom is -0.475 e. The van der Waals surface area contributed by atoms with Crippen LogP contribution in [-0.4, -0.2) is 182 Å². The van der Waals surface area contributed by atoms with Gasteiger partial charge in [0.1, 0.15) is 48.3 Å². The Morgan fingerprint density at radius 2 is 1.18 bits per heavy atom. The highest BCUT2D eigenvalue weighted by Crippen LogP contribution is 2.20. The first-order valence-electron chi connectivity index (χ1n) is 26.9. The van der Waals surface area contributed by atoms with Gasteiger partial charge in [0.05, 0.1) is 31.9 Å². The molecule has 0 saturated carbocycles. The number of para-hydroxylation sites is 1. The van der Waals surface area contributed by atoms with E-state index in [0.29, 0.717) is 33.5 Å². The number of carboxylic acids is 1. The molecule has 0 bridgehead atoms. The van der Waals surface area contributed by atoms with Crippen LogP contribution >= 0.6 is 11.8 Å². The van der Waals surface area contributed by atoms with Gasteiger partial charge in [-0.15, -0.1) is 0 Å². The molecule has 33 heteroatoms. The number of nitrogens with one attached hydrogen (secondary N) is 11. The van der Waals surface area contributed by atoms with Gasteiger partial charge in [-0.05, 0) is 61.8 Å². The molecular weight excluding hydrogens is 1170 g/mol. The van der Waals surface area contributed by atoms with Crippen LogP contribution < -0.4 is 65.1 Å². The van der Waals surface area contributed by atoms with Crippen molar-refractivity contribution in [3.8, 4) is 0 Å². The monoisotopic (exact) mass is 1250 g/mol. The first-order valence-corrected chi connectivity index (χ1v) is 28.3. The van der Waals surface area contributed by atoms with Crippen molar-refractivity contribution < 1.29 is 80.9 Å². The summed E-state index contributed by atoms with van der Waals surface area (Å²) in [7, 11) is 0. The highest BCUT2D eigenvalue weighted by Gasteiger charge is 2.39. The fourth-order valence-corrected chi connectivity index (χ4v) is 8.65. The maximum atomic E-state index is 14.2. The minimum atomic E-state index is -5.08. The Morgan fingerprint density at radius 3 is 1.74 bits per heavy atom. The van der Waals surface area contributed by atoms with Gasteiger partial charge < -0.3 is 85.2 Å². The number of aliphatic carboxylic acids is 1. The molecule has 0 radical (unpaired) electrons. The van der Waals surface area contributed by atoms with Crippen molar-refractivity contribution in [2.45, 2.75) is 127 Å². The van der Waals surface area contributed by atoms with Crippen LogP contribution in [0.2, 0.25) is 0 Å². The third-order valence-corrected chi connectivity index (χ3v) is 13.3. The van der Waals surface area contributed by atoms with Crippen molar-refractivity contribution in [3.63, 3.8) is 0 Å². The van der Waals surface area contributed by atoms with E-state index in [0.717, 1.165) is 0 Å². The summed E-state index contributed by atoms with van der Waals surface area (Å²) in [5.41, 5.74) is 18.7. The molecule has 29 nitrogen and oxygen atoms in total. The van der Waals surface area contributed by atoms with Gasteiger partial charge in [-0.3, -0.25) is 52.7 Å². The average Bonchev–Trinajstić information content (AvgIpc) is 3.37. The van der Waals surface area contributed by atoms with Crippen LogP contribution in [0.15, 0.2) is 73.3 Å². The van der Waals surface area contributed by atoms with E-state index in [4.69, 9.17) is 27.1 Å². The number of alkyl halides is 3. The second-order valence-corrected chi connectivity index (χ2v) is 21.2. The predicted molar refractivity (Wildman–Crippen MR) is 308 cm³/mol. The number of aliphatic hydroxyl groups excluding tert-OH is 1. The molecular formula is C54H74F3N15O14S. The van der Waals surface area contributed by atoms with E-state index in [-0.39, 0.29) is 38.0 Å². The highest BCUT2D eigenvalue weighted by molar-refractivity contribution is 7.98. The normalized spacial score (nSPS) is 14.2. The first-order chi connectivity index (χ1) is 40.9. The molecule has 0 fully saturated rings. The first kappa shape index (κ1) is 72.2. The van der Waals surface area contributed by atoms with Gasteiger partial charge in [0.25, 0.3) is 0 Å². The molecule has 0 spiro atoms. The van der Waals surface area contributed by atoms with Crippen LogP contribution in [-0.2, 0) is 76.8 Å². The van der Waals surface area contributed by atoms with E-state index < -0.39 is 151 Å². The van der Waals surface area contributed by atoms with Gasteiger partial charge in [0.2, 0.25) is 65.0 Å². The van der Waals surface area contributed by atoms with Crippen molar-refractivity contribution in [2.75, 3.05) is 25.1 Å². The number of aliphatic hydroxyl groups is 1. The van der Waals surface area contributed by atoms with Gasteiger partial charge >= 0.3 is 12.1 Å². The molecule has 4 aromatic rings. The second kappa shape index (κ2) is 35.4. The van der Waals surface area contributed by atoms with Gasteiger partial charge in [-0.25, -0.2) is 9.78 Å². The van der Waals surface area contributed by atoms with E-state index >= 15 is 0 Å². The molecule has 476 valence electrons. The van der Waals surface area contributed by atoms with Crippen molar-refractivity contribution in [1.29, 1.82) is 0 Å². The zero-order valence-electron chi connectivity index (χ0n) is 48.1. The fraction of sp³-hybridized carbons (Fsp3) is 0.463. The van der Waals surface area contributed by atoms with E-state index in [1.807, 2.05) is 6.26 Å². The molecule has 0 saturated heterocycles. The number of carbonyl (C=O) groups is 12. The number of halogens is 3. The number of imidazole rings is 1. The SMILES string of the molecule is CSCC[C@H](NC(=O)[C@H](Cc1ccccc1)NC(=O)[C@H](Cc1cnc[nH]1)NC(=O)CNC(=O)[C@@H](NC(=O)[C@H](C)NC(=O)[C@H](Cc1c[nH]c2ccccc12)NC(=O)[C@H](CC(C)C)NC(=O)[C@H](CC(N)=O)NC(=O)CN)[C@@H](C)O)C(N)=O.O=C(O)C(F)(F)F. The van der Waals surface area contributed by atoms with Gasteiger partial charge in [0, 0.05) is 48.3 Å². The molecule has 19 N–H and O–H groups in total. The smallest absolute Gasteiger partial charge is 0.475 e. The lowest BCUT2D eigenvalue weighted by atomic mass is 10.00. The number of thioether (sulfide) groups is 1. The Kier molecular flexibility index (Phi) is 29.3. The zero-order chi connectivity index (χ0) is 65.1. The number of amides is 11. The Morgan fingerprint density at radius 1 is 0.644 bits per heavy atom. The summed E-state index contributed by atoms with van der Waals surface area (Å²) in [5, 5.41) is 41.1. The molecule has 2 aromatic carbocycles. The Labute approximate surface area is 500 Å². The number of aromatic nitrogens is 3. The predicted octanol–water partition coefficient (Wildman–Crippen LogP) is -2.93. The van der Waals surface area contributed by atoms with Crippen LogP contribution in [0.4, 0.5) is 13.2 Å². The van der Waals surface area contributed by atoms with E-state index in [1.165, 1.54) is 38.1 Å². The van der Waals surface area contributed by atoms with Crippen LogP contribution in [0.5, 0.6) is 0 Å². The summed E-state index contributed by atoms with van der Waals surface area (Å²) in [5.74, 6) is -12.0. The lowest BCUT2D eigenvalue weighted by Crippen LogP contribution is -2.60. The third-order valence-electron chi connectivity index (χ3n) is 12.6. The molecule has 4 rings (SSSR count). The number of carbonyl (C=O) groups excluding carboxylic acids is 11. The lowest BCUT2D eigenvalue weighted by Gasteiger charge is -2.27. The maximum absolute atomic E-state index is 14.2. The van der Waals surface area contributed by atoms with Crippen LogP contribution in [0, 0.1) is 5.92 Å².